The molecule has 0 aromatic heterocycles. The highest BCUT2D eigenvalue weighted by Gasteiger charge is 2.15. The van der Waals surface area contributed by atoms with Crippen molar-refractivity contribution in [2.45, 2.75) is 45.3 Å². The Kier molecular flexibility index (Phi) is 4.61. The molecule has 1 aromatic rings. The lowest BCUT2D eigenvalue weighted by molar-refractivity contribution is -0.384. The molecular weight excluding hydrogens is 256 g/mol. The number of hydrogen-bond donors (Lipinski definition) is 1. The molecule has 0 aliphatic heterocycles. The van der Waals surface area contributed by atoms with Gasteiger partial charge in [0.2, 0.25) is 0 Å². The summed E-state index contributed by atoms with van der Waals surface area (Å²) in [4.78, 5) is 10.6. The van der Waals surface area contributed by atoms with Gasteiger partial charge < -0.3 is 10.1 Å². The molecule has 0 bridgehead atoms. The Morgan fingerprint density at radius 3 is 2.75 bits per heavy atom. The van der Waals surface area contributed by atoms with Gasteiger partial charge in [-0.05, 0) is 33.1 Å². The number of nitro benzene ring substituents is 1. The molecule has 0 spiro atoms. The van der Waals surface area contributed by atoms with Crippen LogP contribution < -0.4 is 10.1 Å². The van der Waals surface area contributed by atoms with Crippen LogP contribution in [-0.2, 0) is 0 Å². The number of ether oxygens (including phenoxy) is 1. The molecule has 2 rings (SSSR count). The van der Waals surface area contributed by atoms with Gasteiger partial charge in [0.1, 0.15) is 5.75 Å². The first-order valence-corrected chi connectivity index (χ1v) is 6.92. The van der Waals surface area contributed by atoms with E-state index in [-0.39, 0.29) is 16.7 Å². The highest BCUT2D eigenvalue weighted by atomic mass is 16.6. The number of anilines is 1. The van der Waals surface area contributed by atoms with Crippen LogP contribution >= 0.6 is 0 Å². The van der Waals surface area contributed by atoms with E-state index in [1.807, 2.05) is 19.9 Å². The normalized spacial score (nSPS) is 18.1. The lowest BCUT2D eigenvalue weighted by Crippen LogP contribution is -2.20. The Hall–Kier alpha value is -2.04. The van der Waals surface area contributed by atoms with E-state index < -0.39 is 0 Å². The van der Waals surface area contributed by atoms with Crippen LogP contribution in [0.25, 0.3) is 0 Å². The lowest BCUT2D eigenvalue weighted by Gasteiger charge is -2.21. The smallest absolute Gasteiger partial charge is 0.275 e. The molecule has 0 saturated carbocycles. The molecule has 0 saturated heterocycles. The minimum Gasteiger partial charge on any atom is -0.491 e. The second-order valence-electron chi connectivity index (χ2n) is 5.27. The predicted molar refractivity (Wildman–Crippen MR) is 79.3 cm³/mol. The Balaban J connectivity index is 2.19. The van der Waals surface area contributed by atoms with Gasteiger partial charge in [-0.15, -0.1) is 0 Å². The van der Waals surface area contributed by atoms with Crippen LogP contribution in [0, 0.1) is 10.1 Å². The average Bonchev–Trinajstić information content (AvgIpc) is 2.38. The number of nitrogens with zero attached hydrogens (tertiary/aromatic N) is 1. The zero-order valence-electron chi connectivity index (χ0n) is 11.8. The molecule has 1 aliphatic carbocycles. The molecule has 0 radical (unpaired) electrons. The van der Waals surface area contributed by atoms with E-state index in [1.165, 1.54) is 6.07 Å². The first-order valence-electron chi connectivity index (χ1n) is 6.92. The second kappa shape index (κ2) is 6.41. The van der Waals surface area contributed by atoms with Crippen LogP contribution in [0.3, 0.4) is 0 Å². The monoisotopic (exact) mass is 276 g/mol. The van der Waals surface area contributed by atoms with Crippen LogP contribution in [0.15, 0.2) is 30.4 Å². The fourth-order valence-electron chi connectivity index (χ4n) is 2.27. The topological polar surface area (TPSA) is 64.4 Å². The van der Waals surface area contributed by atoms with E-state index in [4.69, 9.17) is 4.74 Å². The van der Waals surface area contributed by atoms with Crippen molar-refractivity contribution in [2.75, 3.05) is 5.32 Å². The standard InChI is InChI=1S/C15H20N2O3/c1-11(2)20-15-9-13(8-14(10-15)17(18)19)16-12-6-4-3-5-7-12/h3-4,8-12,16H,5-7H2,1-2H3. The van der Waals surface area contributed by atoms with Crippen molar-refractivity contribution in [3.05, 3.63) is 40.5 Å². The van der Waals surface area contributed by atoms with E-state index in [0.29, 0.717) is 11.8 Å². The SMILES string of the molecule is CC(C)Oc1cc(NC2CC=CCC2)cc([N+](=O)[O-])c1. The summed E-state index contributed by atoms with van der Waals surface area (Å²) in [6, 6.07) is 5.18. The van der Waals surface area contributed by atoms with Gasteiger partial charge in [0.05, 0.1) is 17.1 Å². The zero-order valence-corrected chi connectivity index (χ0v) is 11.8. The molecule has 1 atom stereocenters. The number of rotatable bonds is 5. The quantitative estimate of drug-likeness (QED) is 0.503. The Morgan fingerprint density at radius 1 is 1.35 bits per heavy atom. The highest BCUT2D eigenvalue weighted by Crippen LogP contribution is 2.28. The van der Waals surface area contributed by atoms with Crippen LogP contribution in [0.5, 0.6) is 5.75 Å². The summed E-state index contributed by atoms with van der Waals surface area (Å²) >= 11 is 0. The minimum atomic E-state index is -0.390. The maximum absolute atomic E-state index is 11.0. The molecule has 108 valence electrons. The fraction of sp³-hybridized carbons (Fsp3) is 0.467. The number of nitro groups is 1. The summed E-state index contributed by atoms with van der Waals surface area (Å²) in [5.74, 6) is 0.531. The van der Waals surface area contributed by atoms with Crippen LogP contribution in [0.4, 0.5) is 11.4 Å². The van der Waals surface area contributed by atoms with Gasteiger partial charge in [0, 0.05) is 23.9 Å². The van der Waals surface area contributed by atoms with Gasteiger partial charge in [0.15, 0.2) is 0 Å². The first kappa shape index (κ1) is 14.4. The third-order valence-electron chi connectivity index (χ3n) is 3.11. The summed E-state index contributed by atoms with van der Waals surface area (Å²) < 4.78 is 5.58. The van der Waals surface area contributed by atoms with Crippen molar-refractivity contribution >= 4 is 11.4 Å². The second-order valence-corrected chi connectivity index (χ2v) is 5.27. The molecule has 1 unspecified atom stereocenters. The maximum atomic E-state index is 11.0. The molecule has 5 nitrogen and oxygen atoms in total. The maximum Gasteiger partial charge on any atom is 0.275 e. The number of hydrogen-bond acceptors (Lipinski definition) is 4. The highest BCUT2D eigenvalue weighted by molar-refractivity contribution is 5.57. The molecule has 1 N–H and O–H groups in total. The molecule has 0 heterocycles. The summed E-state index contributed by atoms with van der Waals surface area (Å²) in [5.41, 5.74) is 0.798. The van der Waals surface area contributed by atoms with Gasteiger partial charge >= 0.3 is 0 Å². The summed E-state index contributed by atoms with van der Waals surface area (Å²) in [7, 11) is 0. The molecular formula is C15H20N2O3. The number of non-ortho nitro benzene ring substituents is 1. The van der Waals surface area contributed by atoms with Crippen molar-refractivity contribution in [2.24, 2.45) is 0 Å². The average molecular weight is 276 g/mol. The number of allylic oxidation sites excluding steroid dienone is 1. The predicted octanol–water partition coefficient (Wildman–Crippen LogP) is 3.90. The van der Waals surface area contributed by atoms with E-state index in [0.717, 1.165) is 24.9 Å². The van der Waals surface area contributed by atoms with Gasteiger partial charge in [0.25, 0.3) is 5.69 Å². The zero-order chi connectivity index (χ0) is 14.5. The first-order chi connectivity index (χ1) is 9.54. The van der Waals surface area contributed by atoms with Crippen molar-refractivity contribution in [3.63, 3.8) is 0 Å². The van der Waals surface area contributed by atoms with Gasteiger partial charge in [-0.2, -0.15) is 0 Å². The molecule has 0 amide bonds. The van der Waals surface area contributed by atoms with Crippen molar-refractivity contribution in [3.8, 4) is 5.75 Å². The van der Waals surface area contributed by atoms with Crippen molar-refractivity contribution < 1.29 is 9.66 Å². The Bertz CT molecular complexity index is 512. The largest absolute Gasteiger partial charge is 0.491 e. The molecule has 0 fully saturated rings. The van der Waals surface area contributed by atoms with Crippen molar-refractivity contribution in [1.29, 1.82) is 0 Å². The molecule has 1 aliphatic rings. The van der Waals surface area contributed by atoms with E-state index in [2.05, 4.69) is 17.5 Å². The minimum absolute atomic E-state index is 0.0116. The van der Waals surface area contributed by atoms with Gasteiger partial charge in [-0.25, -0.2) is 0 Å². The van der Waals surface area contributed by atoms with Crippen LogP contribution in [0.2, 0.25) is 0 Å². The van der Waals surface area contributed by atoms with E-state index in [9.17, 15) is 10.1 Å². The van der Waals surface area contributed by atoms with Crippen LogP contribution in [0.1, 0.15) is 33.1 Å². The summed E-state index contributed by atoms with van der Waals surface area (Å²) in [6.45, 7) is 3.80. The Morgan fingerprint density at radius 2 is 2.15 bits per heavy atom. The number of nitrogens with one attached hydrogen (secondary N) is 1. The summed E-state index contributed by atoms with van der Waals surface area (Å²) in [5, 5.41) is 14.3. The summed E-state index contributed by atoms with van der Waals surface area (Å²) in [6.07, 6.45) is 7.33. The Labute approximate surface area is 118 Å². The number of benzene rings is 1. The van der Waals surface area contributed by atoms with Gasteiger partial charge in [-0.1, -0.05) is 12.2 Å². The van der Waals surface area contributed by atoms with Crippen LogP contribution in [-0.4, -0.2) is 17.1 Å². The molecule has 20 heavy (non-hydrogen) atoms. The molecule has 1 aromatic carbocycles. The third-order valence-corrected chi connectivity index (χ3v) is 3.11. The lowest BCUT2D eigenvalue weighted by atomic mass is 10.0. The third kappa shape index (κ3) is 3.98. The van der Waals surface area contributed by atoms with E-state index in [1.54, 1.807) is 6.07 Å². The molecule has 5 heteroatoms. The van der Waals surface area contributed by atoms with Crippen molar-refractivity contribution in [1.82, 2.24) is 0 Å². The fourth-order valence-corrected chi connectivity index (χ4v) is 2.27. The van der Waals surface area contributed by atoms with Gasteiger partial charge in [-0.3, -0.25) is 10.1 Å². The van der Waals surface area contributed by atoms with E-state index >= 15 is 0 Å².